The Morgan fingerprint density at radius 2 is 1.81 bits per heavy atom. The van der Waals surface area contributed by atoms with Crippen LogP contribution in [0.1, 0.15) is 51.4 Å². The maximum absolute atomic E-state index is 12.8. The van der Waals surface area contributed by atoms with Gasteiger partial charge in [0.05, 0.1) is 6.04 Å². The summed E-state index contributed by atoms with van der Waals surface area (Å²) in [5.74, 6) is 1.09. The number of hydrogen-bond donors (Lipinski definition) is 1. The molecule has 2 rings (SSSR count). The predicted molar refractivity (Wildman–Crippen MR) is 86.8 cm³/mol. The Morgan fingerprint density at radius 1 is 1.19 bits per heavy atom. The minimum atomic E-state index is -0.0555. The van der Waals surface area contributed by atoms with Crippen molar-refractivity contribution < 1.29 is 4.79 Å². The van der Waals surface area contributed by atoms with Gasteiger partial charge in [-0.1, -0.05) is 63.9 Å². The standard InChI is InChI=1S/C18H28N2O/c1-6-14(5)16-18(21)20(11-12(2)3)17(19-16)15-9-7-13(4)8-10-15/h7-10,12,14,16-17,19H,6,11H2,1-5H3. The molecule has 0 bridgehead atoms. The molecule has 3 atom stereocenters. The molecule has 0 radical (unpaired) electrons. The average Bonchev–Trinajstić information content (AvgIpc) is 2.76. The molecule has 1 aliphatic heterocycles. The molecule has 1 aliphatic rings. The molecule has 21 heavy (non-hydrogen) atoms. The highest BCUT2D eigenvalue weighted by Crippen LogP contribution is 2.29. The van der Waals surface area contributed by atoms with Gasteiger partial charge in [-0.25, -0.2) is 0 Å². The first-order valence-corrected chi connectivity index (χ1v) is 8.07. The van der Waals surface area contributed by atoms with Crippen LogP contribution in [0.15, 0.2) is 24.3 Å². The third-order valence-electron chi connectivity index (χ3n) is 4.37. The summed E-state index contributed by atoms with van der Waals surface area (Å²) in [6.45, 7) is 11.5. The first-order chi connectivity index (χ1) is 9.93. The van der Waals surface area contributed by atoms with Gasteiger partial charge in [0.15, 0.2) is 0 Å². The lowest BCUT2D eigenvalue weighted by Gasteiger charge is -2.26. The Kier molecular flexibility index (Phi) is 5.04. The first kappa shape index (κ1) is 16.0. The van der Waals surface area contributed by atoms with Crippen LogP contribution in [0.3, 0.4) is 0 Å². The van der Waals surface area contributed by atoms with Crippen LogP contribution in [0, 0.1) is 18.8 Å². The minimum absolute atomic E-state index is 0.0134. The van der Waals surface area contributed by atoms with E-state index in [1.165, 1.54) is 11.1 Å². The summed E-state index contributed by atoms with van der Waals surface area (Å²) >= 11 is 0. The SMILES string of the molecule is CCC(C)C1NC(c2ccc(C)cc2)N(CC(C)C)C1=O. The van der Waals surface area contributed by atoms with Gasteiger partial charge in [0.2, 0.25) is 5.91 Å². The molecule has 1 aromatic carbocycles. The van der Waals surface area contributed by atoms with Crippen LogP contribution in [-0.2, 0) is 4.79 Å². The summed E-state index contributed by atoms with van der Waals surface area (Å²) < 4.78 is 0. The van der Waals surface area contributed by atoms with E-state index in [9.17, 15) is 4.79 Å². The number of rotatable bonds is 5. The third kappa shape index (κ3) is 3.46. The lowest BCUT2D eigenvalue weighted by atomic mass is 9.99. The molecule has 1 heterocycles. The number of carbonyl (C=O) groups is 1. The minimum Gasteiger partial charge on any atom is -0.321 e. The number of nitrogens with one attached hydrogen (secondary N) is 1. The molecule has 1 N–H and O–H groups in total. The molecular weight excluding hydrogens is 260 g/mol. The van der Waals surface area contributed by atoms with E-state index in [2.05, 4.69) is 64.2 Å². The quantitative estimate of drug-likeness (QED) is 0.899. The van der Waals surface area contributed by atoms with E-state index < -0.39 is 0 Å². The zero-order valence-corrected chi connectivity index (χ0v) is 13.9. The van der Waals surface area contributed by atoms with E-state index in [-0.39, 0.29) is 18.1 Å². The summed E-state index contributed by atoms with van der Waals surface area (Å²) in [5, 5.41) is 3.56. The molecular formula is C18H28N2O. The molecule has 116 valence electrons. The second kappa shape index (κ2) is 6.61. The Morgan fingerprint density at radius 3 is 2.33 bits per heavy atom. The summed E-state index contributed by atoms with van der Waals surface area (Å²) in [6.07, 6.45) is 1.03. The van der Waals surface area contributed by atoms with E-state index in [0.29, 0.717) is 11.8 Å². The molecule has 3 unspecified atom stereocenters. The van der Waals surface area contributed by atoms with Gasteiger partial charge in [-0.2, -0.15) is 0 Å². The predicted octanol–water partition coefficient (Wildman–Crippen LogP) is 3.50. The van der Waals surface area contributed by atoms with Crippen LogP contribution in [0.5, 0.6) is 0 Å². The van der Waals surface area contributed by atoms with Gasteiger partial charge in [-0.3, -0.25) is 10.1 Å². The normalized spacial score (nSPS) is 23.9. The maximum atomic E-state index is 12.8. The number of nitrogens with zero attached hydrogens (tertiary/aromatic N) is 1. The monoisotopic (exact) mass is 288 g/mol. The van der Waals surface area contributed by atoms with Crippen molar-refractivity contribution in [3.8, 4) is 0 Å². The summed E-state index contributed by atoms with van der Waals surface area (Å²) in [4.78, 5) is 14.8. The van der Waals surface area contributed by atoms with Crippen LogP contribution in [-0.4, -0.2) is 23.4 Å². The van der Waals surface area contributed by atoms with E-state index in [1.54, 1.807) is 0 Å². The molecule has 3 heteroatoms. The molecule has 0 spiro atoms. The Balaban J connectivity index is 2.28. The number of benzene rings is 1. The number of hydrogen-bond acceptors (Lipinski definition) is 2. The van der Waals surface area contributed by atoms with Gasteiger partial charge in [0.25, 0.3) is 0 Å². The van der Waals surface area contributed by atoms with Crippen LogP contribution >= 0.6 is 0 Å². The van der Waals surface area contributed by atoms with E-state index in [1.807, 2.05) is 4.90 Å². The Bertz CT molecular complexity index is 480. The fourth-order valence-electron chi connectivity index (χ4n) is 2.89. The molecule has 1 saturated heterocycles. The van der Waals surface area contributed by atoms with Crippen LogP contribution in [0.2, 0.25) is 0 Å². The first-order valence-electron chi connectivity index (χ1n) is 8.07. The van der Waals surface area contributed by atoms with Gasteiger partial charge < -0.3 is 4.90 Å². The Labute approximate surface area is 128 Å². The van der Waals surface area contributed by atoms with Gasteiger partial charge in [0.1, 0.15) is 6.17 Å². The molecule has 1 fully saturated rings. The van der Waals surface area contributed by atoms with Gasteiger partial charge in [-0.05, 0) is 24.3 Å². The average molecular weight is 288 g/mol. The van der Waals surface area contributed by atoms with Crippen molar-refractivity contribution in [3.63, 3.8) is 0 Å². The van der Waals surface area contributed by atoms with Crippen molar-refractivity contribution >= 4 is 5.91 Å². The topological polar surface area (TPSA) is 32.3 Å². The van der Waals surface area contributed by atoms with E-state index >= 15 is 0 Å². The largest absolute Gasteiger partial charge is 0.321 e. The molecule has 1 amide bonds. The fraction of sp³-hybridized carbons (Fsp3) is 0.611. The molecule has 0 aromatic heterocycles. The summed E-state index contributed by atoms with van der Waals surface area (Å²) in [6, 6.07) is 8.44. The highest BCUT2D eigenvalue weighted by molar-refractivity contribution is 5.85. The molecule has 1 aromatic rings. The van der Waals surface area contributed by atoms with Crippen LogP contribution < -0.4 is 5.32 Å². The van der Waals surface area contributed by atoms with E-state index in [4.69, 9.17) is 0 Å². The van der Waals surface area contributed by atoms with Gasteiger partial charge >= 0.3 is 0 Å². The lowest BCUT2D eigenvalue weighted by molar-refractivity contribution is -0.131. The zero-order chi connectivity index (χ0) is 15.6. The van der Waals surface area contributed by atoms with E-state index in [0.717, 1.165) is 13.0 Å². The van der Waals surface area contributed by atoms with Crippen molar-refractivity contribution in [1.82, 2.24) is 10.2 Å². The fourth-order valence-corrected chi connectivity index (χ4v) is 2.89. The maximum Gasteiger partial charge on any atom is 0.241 e. The van der Waals surface area contributed by atoms with Crippen LogP contribution in [0.4, 0.5) is 0 Å². The zero-order valence-electron chi connectivity index (χ0n) is 13.9. The number of aryl methyl sites for hydroxylation is 1. The molecule has 0 aliphatic carbocycles. The lowest BCUT2D eigenvalue weighted by Crippen LogP contribution is -2.36. The highest BCUT2D eigenvalue weighted by atomic mass is 16.2. The smallest absolute Gasteiger partial charge is 0.241 e. The van der Waals surface area contributed by atoms with Gasteiger partial charge in [0, 0.05) is 6.54 Å². The van der Waals surface area contributed by atoms with Crippen molar-refractivity contribution in [1.29, 1.82) is 0 Å². The molecule has 0 saturated carbocycles. The second-order valence-corrected chi connectivity index (χ2v) is 6.73. The second-order valence-electron chi connectivity index (χ2n) is 6.73. The van der Waals surface area contributed by atoms with Gasteiger partial charge in [-0.15, -0.1) is 0 Å². The van der Waals surface area contributed by atoms with Crippen molar-refractivity contribution in [2.24, 2.45) is 11.8 Å². The summed E-state index contributed by atoms with van der Waals surface area (Å²) in [5.41, 5.74) is 2.43. The van der Waals surface area contributed by atoms with Crippen molar-refractivity contribution in [2.45, 2.75) is 53.2 Å². The van der Waals surface area contributed by atoms with Crippen LogP contribution in [0.25, 0.3) is 0 Å². The molecule has 3 nitrogen and oxygen atoms in total. The van der Waals surface area contributed by atoms with Crippen molar-refractivity contribution in [2.75, 3.05) is 6.54 Å². The van der Waals surface area contributed by atoms with Crippen molar-refractivity contribution in [3.05, 3.63) is 35.4 Å². The number of carbonyl (C=O) groups excluding carboxylic acids is 1. The summed E-state index contributed by atoms with van der Waals surface area (Å²) in [7, 11) is 0. The highest BCUT2D eigenvalue weighted by Gasteiger charge is 2.41. The Hall–Kier alpha value is -1.35. The number of amides is 1. The third-order valence-corrected chi connectivity index (χ3v) is 4.37.